The van der Waals surface area contributed by atoms with Gasteiger partial charge in [0, 0.05) is 15.5 Å². The van der Waals surface area contributed by atoms with E-state index in [9.17, 15) is 9.59 Å². The summed E-state index contributed by atoms with van der Waals surface area (Å²) in [7, 11) is 0. The molecule has 1 unspecified atom stereocenters. The Kier molecular flexibility index (Phi) is 4.46. The lowest BCUT2D eigenvalue weighted by Crippen LogP contribution is -2.39. The third-order valence-electron chi connectivity index (χ3n) is 3.83. The average molecular weight is 346 g/mol. The van der Waals surface area contributed by atoms with Crippen LogP contribution in [-0.4, -0.2) is 16.9 Å². The molecule has 0 aromatic heterocycles. The van der Waals surface area contributed by atoms with Crippen LogP contribution in [0.15, 0.2) is 47.4 Å². The highest BCUT2D eigenvalue weighted by Gasteiger charge is 2.31. The molecule has 118 valence electrons. The lowest BCUT2D eigenvalue weighted by atomic mass is 10.1. The summed E-state index contributed by atoms with van der Waals surface area (Å²) in [5, 5.41) is 0.528. The van der Waals surface area contributed by atoms with Gasteiger partial charge >= 0.3 is 0 Å². The topological polar surface area (TPSA) is 37.4 Å². The van der Waals surface area contributed by atoms with E-state index in [0.29, 0.717) is 17.1 Å². The van der Waals surface area contributed by atoms with Crippen LogP contribution in [0.2, 0.25) is 5.02 Å². The number of ketones is 1. The fraction of sp³-hybridized carbons (Fsp3) is 0.222. The Balaban J connectivity index is 2.01. The van der Waals surface area contributed by atoms with Crippen molar-refractivity contribution in [2.45, 2.75) is 30.5 Å². The van der Waals surface area contributed by atoms with E-state index in [-0.39, 0.29) is 16.9 Å². The molecule has 1 heterocycles. The Labute approximate surface area is 144 Å². The van der Waals surface area contributed by atoms with Crippen LogP contribution < -0.4 is 4.90 Å². The zero-order chi connectivity index (χ0) is 16.6. The van der Waals surface area contributed by atoms with E-state index < -0.39 is 0 Å². The van der Waals surface area contributed by atoms with Crippen molar-refractivity contribution in [1.82, 2.24) is 0 Å². The highest BCUT2D eigenvalue weighted by atomic mass is 35.5. The Morgan fingerprint density at radius 3 is 2.57 bits per heavy atom. The third kappa shape index (κ3) is 3.28. The zero-order valence-corrected chi connectivity index (χ0v) is 14.4. The Morgan fingerprint density at radius 2 is 1.91 bits per heavy atom. The molecule has 0 bridgehead atoms. The van der Waals surface area contributed by atoms with E-state index in [1.807, 2.05) is 49.4 Å². The van der Waals surface area contributed by atoms with Gasteiger partial charge < -0.3 is 4.90 Å². The zero-order valence-electron chi connectivity index (χ0n) is 12.9. The molecule has 0 spiro atoms. The predicted molar refractivity (Wildman–Crippen MR) is 94.4 cm³/mol. The summed E-state index contributed by atoms with van der Waals surface area (Å²) < 4.78 is 0. The molecule has 0 saturated heterocycles. The van der Waals surface area contributed by atoms with Crippen molar-refractivity contribution in [2.24, 2.45) is 0 Å². The maximum absolute atomic E-state index is 12.6. The van der Waals surface area contributed by atoms with E-state index in [1.165, 1.54) is 18.7 Å². The van der Waals surface area contributed by atoms with Crippen molar-refractivity contribution in [3.63, 3.8) is 0 Å². The van der Waals surface area contributed by atoms with Gasteiger partial charge in [0.25, 0.3) is 0 Å². The van der Waals surface area contributed by atoms with Gasteiger partial charge in [-0.05, 0) is 43.7 Å². The van der Waals surface area contributed by atoms with Gasteiger partial charge in [0.15, 0.2) is 5.78 Å². The Hall–Kier alpha value is -1.78. The molecular formula is C18H16ClNO2S. The lowest BCUT2D eigenvalue weighted by Gasteiger charge is -2.32. The summed E-state index contributed by atoms with van der Waals surface area (Å²) in [5.74, 6) is 0.0495. The number of rotatable bonds is 3. The number of Topliss-reactive ketones (excluding diaryl/α,β-unsaturated/α-hetero) is 1. The summed E-state index contributed by atoms with van der Waals surface area (Å²) in [5.41, 5.74) is 2.43. The maximum Gasteiger partial charge on any atom is 0.240 e. The highest BCUT2D eigenvalue weighted by molar-refractivity contribution is 8.00. The summed E-state index contributed by atoms with van der Waals surface area (Å²) >= 11 is 7.46. The molecule has 0 fully saturated rings. The van der Waals surface area contributed by atoms with Gasteiger partial charge in [-0.15, -0.1) is 11.8 Å². The van der Waals surface area contributed by atoms with Crippen LogP contribution in [0.3, 0.4) is 0 Å². The summed E-state index contributed by atoms with van der Waals surface area (Å²) in [6.07, 6.45) is 0. The number of anilines is 1. The largest absolute Gasteiger partial charge is 0.306 e. The van der Waals surface area contributed by atoms with Gasteiger partial charge in [-0.3, -0.25) is 9.59 Å². The smallest absolute Gasteiger partial charge is 0.240 e. The van der Waals surface area contributed by atoms with Crippen molar-refractivity contribution >= 4 is 40.7 Å². The number of carbonyl (C=O) groups is 2. The van der Waals surface area contributed by atoms with Crippen molar-refractivity contribution in [3.8, 4) is 0 Å². The van der Waals surface area contributed by atoms with Crippen LogP contribution >= 0.6 is 23.4 Å². The van der Waals surface area contributed by atoms with Gasteiger partial charge in [-0.2, -0.15) is 0 Å². The van der Waals surface area contributed by atoms with Crippen molar-refractivity contribution < 1.29 is 9.59 Å². The highest BCUT2D eigenvalue weighted by Crippen LogP contribution is 2.40. The molecule has 2 aromatic rings. The first-order valence-corrected chi connectivity index (χ1v) is 8.59. The molecule has 0 aliphatic carbocycles. The number of amides is 1. The molecule has 1 aliphatic heterocycles. The van der Waals surface area contributed by atoms with Crippen LogP contribution in [0.4, 0.5) is 5.69 Å². The predicted octanol–water partition coefficient (Wildman–Crippen LogP) is 4.57. The van der Waals surface area contributed by atoms with E-state index in [4.69, 9.17) is 11.6 Å². The minimum Gasteiger partial charge on any atom is -0.306 e. The van der Waals surface area contributed by atoms with Crippen LogP contribution in [0.5, 0.6) is 0 Å². The first-order chi connectivity index (χ1) is 11.0. The van der Waals surface area contributed by atoms with E-state index >= 15 is 0 Å². The number of nitrogens with zero attached hydrogens (tertiary/aromatic N) is 1. The summed E-state index contributed by atoms with van der Waals surface area (Å²) in [4.78, 5) is 27.1. The number of thioether (sulfide) groups is 1. The molecule has 2 aromatic carbocycles. The van der Waals surface area contributed by atoms with Gasteiger partial charge in [0.05, 0.1) is 17.5 Å². The molecular weight excluding hydrogens is 330 g/mol. The standard InChI is InChI=1S/C18H16ClNO2S/c1-11(21)14-5-8-17-16(9-14)20(18(22)12(2)23-17)10-13-3-6-15(19)7-4-13/h3-9,12H,10H2,1-2H3. The SMILES string of the molecule is CC(=O)c1ccc2c(c1)N(Cc1ccc(Cl)cc1)C(=O)C(C)S2. The van der Waals surface area contributed by atoms with Gasteiger partial charge in [0.2, 0.25) is 5.91 Å². The number of hydrogen-bond acceptors (Lipinski definition) is 3. The number of fused-ring (bicyclic) bond motifs is 1. The van der Waals surface area contributed by atoms with Crippen molar-refractivity contribution in [3.05, 3.63) is 58.6 Å². The Morgan fingerprint density at radius 1 is 1.22 bits per heavy atom. The van der Waals surface area contributed by atoms with Gasteiger partial charge in [-0.1, -0.05) is 29.8 Å². The van der Waals surface area contributed by atoms with Crippen LogP contribution in [-0.2, 0) is 11.3 Å². The first-order valence-electron chi connectivity index (χ1n) is 7.33. The molecule has 1 aliphatic rings. The monoisotopic (exact) mass is 345 g/mol. The van der Waals surface area contributed by atoms with Crippen LogP contribution in [0.25, 0.3) is 0 Å². The van der Waals surface area contributed by atoms with Crippen molar-refractivity contribution in [2.75, 3.05) is 4.90 Å². The molecule has 1 atom stereocenters. The van der Waals surface area contributed by atoms with E-state index in [1.54, 1.807) is 4.90 Å². The minimum atomic E-state index is -0.141. The lowest BCUT2D eigenvalue weighted by molar-refractivity contribution is -0.118. The maximum atomic E-state index is 12.6. The summed E-state index contributed by atoms with van der Waals surface area (Å²) in [6.45, 7) is 3.91. The number of halogens is 1. The van der Waals surface area contributed by atoms with Crippen LogP contribution in [0.1, 0.15) is 29.8 Å². The molecule has 0 radical (unpaired) electrons. The minimum absolute atomic E-state index is 0.00434. The third-order valence-corrected chi connectivity index (χ3v) is 5.23. The fourth-order valence-electron chi connectivity index (χ4n) is 2.56. The second kappa shape index (κ2) is 6.38. The van der Waals surface area contributed by atoms with Crippen LogP contribution in [0, 0.1) is 0 Å². The molecule has 23 heavy (non-hydrogen) atoms. The second-order valence-electron chi connectivity index (χ2n) is 5.55. The Bertz CT molecular complexity index is 773. The quantitative estimate of drug-likeness (QED) is 0.765. The molecule has 5 heteroatoms. The van der Waals surface area contributed by atoms with E-state index in [0.717, 1.165) is 16.1 Å². The average Bonchev–Trinajstić information content (AvgIpc) is 2.53. The van der Waals surface area contributed by atoms with E-state index in [2.05, 4.69) is 0 Å². The fourth-order valence-corrected chi connectivity index (χ4v) is 3.73. The normalized spacial score (nSPS) is 17.1. The number of hydrogen-bond donors (Lipinski definition) is 0. The summed E-state index contributed by atoms with van der Waals surface area (Å²) in [6, 6.07) is 13.0. The molecule has 1 amide bonds. The molecule has 0 N–H and O–H groups in total. The number of carbonyl (C=O) groups excluding carboxylic acids is 2. The molecule has 3 nitrogen and oxygen atoms in total. The first kappa shape index (κ1) is 16.1. The molecule has 0 saturated carbocycles. The number of benzene rings is 2. The van der Waals surface area contributed by atoms with Gasteiger partial charge in [-0.25, -0.2) is 0 Å². The second-order valence-corrected chi connectivity index (χ2v) is 7.37. The van der Waals surface area contributed by atoms with Gasteiger partial charge in [0.1, 0.15) is 0 Å². The van der Waals surface area contributed by atoms with Crippen molar-refractivity contribution in [1.29, 1.82) is 0 Å². The molecule has 3 rings (SSSR count).